The molecule has 121 valence electrons. The first kappa shape index (κ1) is 17.0. The average Bonchev–Trinajstić information content (AvgIpc) is 2.54. The fraction of sp³-hybridized carbons (Fsp3) is 0.278. The summed E-state index contributed by atoms with van der Waals surface area (Å²) in [4.78, 5) is 16.1. The number of amides is 1. The van der Waals surface area contributed by atoms with Crippen molar-refractivity contribution >= 4 is 11.8 Å². The first-order chi connectivity index (χ1) is 11.0. The van der Waals surface area contributed by atoms with Crippen LogP contribution in [0, 0.1) is 6.42 Å². The van der Waals surface area contributed by atoms with E-state index in [-0.39, 0.29) is 6.61 Å². The Hall–Kier alpha value is -2.40. The number of ether oxygens (including phenoxy) is 2. The SMILES string of the molecule is COC(C)(C)[CH]c1cc(NC(=O)OCc2ccccc2)ccn1. The van der Waals surface area contributed by atoms with E-state index in [1.54, 1.807) is 25.4 Å². The standard InChI is InChI=1S/C18H21N2O3/c1-18(2,22-3)12-16-11-15(9-10-19-16)20-17(21)23-13-14-7-5-4-6-8-14/h4-12H,13H2,1-3H3,(H,19,20,21). The summed E-state index contributed by atoms with van der Waals surface area (Å²) in [5, 5.41) is 2.69. The summed E-state index contributed by atoms with van der Waals surface area (Å²) in [6, 6.07) is 13.0. The minimum atomic E-state index is -0.503. The third-order valence-electron chi connectivity index (χ3n) is 3.26. The van der Waals surface area contributed by atoms with E-state index < -0.39 is 11.7 Å². The average molecular weight is 313 g/mol. The van der Waals surface area contributed by atoms with E-state index in [2.05, 4.69) is 10.3 Å². The lowest BCUT2D eigenvalue weighted by Gasteiger charge is -2.21. The molecule has 0 bridgehead atoms. The number of hydrogen-bond donors (Lipinski definition) is 1. The molecule has 1 heterocycles. The van der Waals surface area contributed by atoms with Crippen molar-refractivity contribution in [2.24, 2.45) is 0 Å². The first-order valence-electron chi connectivity index (χ1n) is 7.33. The normalized spacial score (nSPS) is 11.1. The maximum Gasteiger partial charge on any atom is 0.411 e. The molecule has 0 unspecified atom stereocenters. The maximum absolute atomic E-state index is 11.8. The highest BCUT2D eigenvalue weighted by Crippen LogP contribution is 2.19. The van der Waals surface area contributed by atoms with Gasteiger partial charge in [0.25, 0.3) is 0 Å². The lowest BCUT2D eigenvalue weighted by Crippen LogP contribution is -2.24. The summed E-state index contributed by atoms with van der Waals surface area (Å²) in [6.07, 6.45) is 3.01. The third-order valence-corrected chi connectivity index (χ3v) is 3.26. The molecule has 1 radical (unpaired) electrons. The van der Waals surface area contributed by atoms with Gasteiger partial charge in [0.05, 0.1) is 5.60 Å². The second kappa shape index (κ2) is 7.74. The minimum absolute atomic E-state index is 0.230. The number of rotatable bonds is 6. The molecule has 1 N–H and O–H groups in total. The summed E-state index contributed by atoms with van der Waals surface area (Å²) in [6.45, 7) is 4.10. The monoisotopic (exact) mass is 313 g/mol. The highest BCUT2D eigenvalue weighted by molar-refractivity contribution is 5.84. The van der Waals surface area contributed by atoms with E-state index in [4.69, 9.17) is 9.47 Å². The molecule has 0 fully saturated rings. The van der Waals surface area contributed by atoms with Crippen LogP contribution in [0.4, 0.5) is 10.5 Å². The number of methoxy groups -OCH3 is 1. The van der Waals surface area contributed by atoms with Crippen LogP contribution in [0.25, 0.3) is 0 Å². The molecule has 5 nitrogen and oxygen atoms in total. The van der Waals surface area contributed by atoms with Gasteiger partial charge in [-0.25, -0.2) is 4.79 Å². The Balaban J connectivity index is 1.91. The minimum Gasteiger partial charge on any atom is -0.444 e. The van der Waals surface area contributed by atoms with Gasteiger partial charge in [-0.05, 0) is 31.5 Å². The van der Waals surface area contributed by atoms with Crippen molar-refractivity contribution in [1.29, 1.82) is 0 Å². The van der Waals surface area contributed by atoms with Gasteiger partial charge in [0.2, 0.25) is 0 Å². The number of nitrogens with one attached hydrogen (secondary N) is 1. The number of carbonyl (C=O) groups is 1. The molecule has 2 rings (SSSR count). The second-order valence-corrected chi connectivity index (χ2v) is 5.61. The topological polar surface area (TPSA) is 60.5 Å². The molecular formula is C18H21N2O3. The Labute approximate surface area is 136 Å². The predicted octanol–water partition coefficient (Wildman–Crippen LogP) is 3.81. The lowest BCUT2D eigenvalue weighted by molar-refractivity contribution is 0.0537. The molecule has 0 aliphatic heterocycles. The van der Waals surface area contributed by atoms with Crippen molar-refractivity contribution in [3.63, 3.8) is 0 Å². The van der Waals surface area contributed by atoms with Gasteiger partial charge in [-0.1, -0.05) is 30.3 Å². The lowest BCUT2D eigenvalue weighted by atomic mass is 10.0. The van der Waals surface area contributed by atoms with Crippen molar-refractivity contribution in [1.82, 2.24) is 4.98 Å². The summed E-state index contributed by atoms with van der Waals surface area (Å²) in [5.74, 6) is 0. The van der Waals surface area contributed by atoms with Crippen molar-refractivity contribution in [2.45, 2.75) is 26.1 Å². The van der Waals surface area contributed by atoms with Crippen LogP contribution in [-0.4, -0.2) is 23.8 Å². The van der Waals surface area contributed by atoms with E-state index in [0.29, 0.717) is 5.69 Å². The third kappa shape index (κ3) is 5.71. The zero-order valence-corrected chi connectivity index (χ0v) is 13.6. The molecule has 0 aliphatic carbocycles. The molecule has 0 saturated carbocycles. The fourth-order valence-electron chi connectivity index (χ4n) is 1.90. The van der Waals surface area contributed by atoms with Crippen LogP contribution in [0.1, 0.15) is 25.1 Å². The molecule has 1 aromatic carbocycles. The molecule has 0 atom stereocenters. The van der Waals surface area contributed by atoms with Crippen LogP contribution in [-0.2, 0) is 16.1 Å². The van der Waals surface area contributed by atoms with Crippen LogP contribution >= 0.6 is 0 Å². The molecule has 0 spiro atoms. The highest BCUT2D eigenvalue weighted by atomic mass is 16.5. The zero-order valence-electron chi connectivity index (χ0n) is 13.6. The molecule has 5 heteroatoms. The van der Waals surface area contributed by atoms with Crippen LogP contribution in [0.15, 0.2) is 48.7 Å². The van der Waals surface area contributed by atoms with Crippen molar-refractivity contribution < 1.29 is 14.3 Å². The van der Waals surface area contributed by atoms with Gasteiger partial charge in [0.15, 0.2) is 0 Å². The maximum atomic E-state index is 11.8. The fourth-order valence-corrected chi connectivity index (χ4v) is 1.90. The van der Waals surface area contributed by atoms with E-state index >= 15 is 0 Å². The number of benzene rings is 1. The summed E-state index contributed by atoms with van der Waals surface area (Å²) < 4.78 is 10.5. The largest absolute Gasteiger partial charge is 0.444 e. The van der Waals surface area contributed by atoms with Crippen LogP contribution < -0.4 is 5.32 Å². The van der Waals surface area contributed by atoms with Crippen LogP contribution in [0.5, 0.6) is 0 Å². The van der Waals surface area contributed by atoms with Gasteiger partial charge in [-0.3, -0.25) is 10.3 Å². The molecule has 0 aliphatic rings. The number of carbonyl (C=O) groups excluding carboxylic acids is 1. The number of pyridine rings is 1. The van der Waals surface area contributed by atoms with E-state index in [1.165, 1.54) is 0 Å². The zero-order chi connectivity index (χ0) is 16.7. The Kier molecular flexibility index (Phi) is 5.71. The summed E-state index contributed by atoms with van der Waals surface area (Å²) in [5.41, 5.74) is 1.85. The quantitative estimate of drug-likeness (QED) is 0.881. The number of anilines is 1. The van der Waals surface area contributed by atoms with E-state index in [1.807, 2.05) is 50.6 Å². The Morgan fingerprint density at radius 1 is 1.26 bits per heavy atom. The van der Waals surface area contributed by atoms with Gasteiger partial charge < -0.3 is 9.47 Å². The first-order valence-corrected chi connectivity index (χ1v) is 7.33. The molecule has 1 amide bonds. The molecule has 0 saturated heterocycles. The highest BCUT2D eigenvalue weighted by Gasteiger charge is 2.18. The van der Waals surface area contributed by atoms with Crippen molar-refractivity contribution in [3.8, 4) is 0 Å². The van der Waals surface area contributed by atoms with E-state index in [0.717, 1.165) is 11.3 Å². The number of aromatic nitrogens is 1. The Bertz CT molecular complexity index is 642. The number of nitrogens with zero attached hydrogens (tertiary/aromatic N) is 1. The molecule has 2 aromatic rings. The molecule has 23 heavy (non-hydrogen) atoms. The van der Waals surface area contributed by atoms with Gasteiger partial charge in [0, 0.05) is 31.1 Å². The van der Waals surface area contributed by atoms with Gasteiger partial charge in [-0.2, -0.15) is 0 Å². The number of hydrogen-bond acceptors (Lipinski definition) is 4. The van der Waals surface area contributed by atoms with Crippen LogP contribution in [0.2, 0.25) is 0 Å². The summed E-state index contributed by atoms with van der Waals surface area (Å²) in [7, 11) is 1.64. The van der Waals surface area contributed by atoms with E-state index in [9.17, 15) is 4.79 Å². The molecule has 1 aromatic heterocycles. The smallest absolute Gasteiger partial charge is 0.411 e. The molecular weight excluding hydrogens is 292 g/mol. The predicted molar refractivity (Wildman–Crippen MR) is 89.0 cm³/mol. The van der Waals surface area contributed by atoms with Crippen LogP contribution in [0.3, 0.4) is 0 Å². The second-order valence-electron chi connectivity index (χ2n) is 5.61. The van der Waals surface area contributed by atoms with Gasteiger partial charge >= 0.3 is 6.09 Å². The van der Waals surface area contributed by atoms with Gasteiger partial charge in [-0.15, -0.1) is 0 Å². The van der Waals surface area contributed by atoms with Gasteiger partial charge in [0.1, 0.15) is 6.61 Å². The summed E-state index contributed by atoms with van der Waals surface area (Å²) >= 11 is 0. The van der Waals surface area contributed by atoms with Crippen molar-refractivity contribution in [3.05, 3.63) is 66.3 Å². The Morgan fingerprint density at radius 3 is 2.70 bits per heavy atom. The Morgan fingerprint density at radius 2 is 2.00 bits per heavy atom. The van der Waals surface area contributed by atoms with Crippen molar-refractivity contribution in [2.75, 3.05) is 12.4 Å².